The van der Waals surface area contributed by atoms with Gasteiger partial charge in [0.2, 0.25) is 0 Å². The Kier molecular flexibility index (Phi) is 6.20. The van der Waals surface area contributed by atoms with Gasteiger partial charge in [-0.2, -0.15) is 0 Å². The van der Waals surface area contributed by atoms with Crippen molar-refractivity contribution in [2.45, 2.75) is 57.2 Å². The van der Waals surface area contributed by atoms with Crippen molar-refractivity contribution in [2.75, 3.05) is 33.0 Å². The van der Waals surface area contributed by atoms with Gasteiger partial charge in [0.15, 0.2) is 11.6 Å². The second-order valence-electron chi connectivity index (χ2n) is 5.98. The smallest absolute Gasteiger partial charge is 0.166 e. The molecule has 3 aliphatic rings. The predicted octanol–water partition coefficient (Wildman–Crippen LogP) is 2.64. The first kappa shape index (κ1) is 16.9. The Morgan fingerprint density at radius 2 is 1.43 bits per heavy atom. The summed E-state index contributed by atoms with van der Waals surface area (Å²) >= 11 is 0. The van der Waals surface area contributed by atoms with E-state index in [0.29, 0.717) is 6.10 Å². The zero-order valence-electron chi connectivity index (χ0n) is 13.3. The molecule has 0 saturated carbocycles. The van der Waals surface area contributed by atoms with Crippen LogP contribution in [-0.2, 0) is 23.7 Å². The van der Waals surface area contributed by atoms with Crippen molar-refractivity contribution in [3.63, 3.8) is 0 Å². The lowest BCUT2D eigenvalue weighted by Gasteiger charge is -2.21. The minimum absolute atomic E-state index is 0.314. The highest BCUT2D eigenvalue weighted by atomic mass is 16.7. The van der Waals surface area contributed by atoms with Crippen molar-refractivity contribution in [3.05, 3.63) is 12.7 Å². The van der Waals surface area contributed by atoms with Crippen LogP contribution in [0.25, 0.3) is 0 Å². The molecule has 21 heavy (non-hydrogen) atoms. The van der Waals surface area contributed by atoms with Crippen LogP contribution >= 0.6 is 0 Å². The second-order valence-corrected chi connectivity index (χ2v) is 5.98. The van der Waals surface area contributed by atoms with E-state index in [9.17, 15) is 0 Å². The summed E-state index contributed by atoms with van der Waals surface area (Å²) in [6.07, 6.45) is 6.26. The summed E-state index contributed by atoms with van der Waals surface area (Å²) in [5.74, 6) is -0.639. The molecular formula is C16H28O5. The quantitative estimate of drug-likeness (QED) is 0.557. The average molecular weight is 300 g/mol. The molecule has 0 aromatic rings. The van der Waals surface area contributed by atoms with Gasteiger partial charge in [0.25, 0.3) is 0 Å². The maximum absolute atomic E-state index is 5.44. The molecule has 0 bridgehead atoms. The van der Waals surface area contributed by atoms with E-state index in [1.54, 1.807) is 0 Å². The van der Waals surface area contributed by atoms with Gasteiger partial charge in [0.1, 0.15) is 0 Å². The standard InChI is InChI=1S/C8H14O3.C8H14O2/c1-8(10-4-5-11-8)3-2-7-6-9-7;1-3-4-5-8(2)9-6-7-10-8/h7H,2-6H2,1H3;3H,1,4-7H2,2H3. The first-order valence-electron chi connectivity index (χ1n) is 7.84. The van der Waals surface area contributed by atoms with Crippen molar-refractivity contribution in [1.82, 2.24) is 0 Å². The molecule has 0 N–H and O–H groups in total. The molecule has 0 aromatic heterocycles. The normalized spacial score (nSPS) is 28.8. The molecule has 0 aliphatic carbocycles. The molecule has 3 rings (SSSR count). The SMILES string of the molecule is C=CCCC1(C)OCCO1.CC1(CCC2CO2)OCCO1. The molecule has 5 heteroatoms. The van der Waals surface area contributed by atoms with E-state index in [4.69, 9.17) is 23.7 Å². The molecule has 1 atom stereocenters. The van der Waals surface area contributed by atoms with E-state index in [0.717, 1.165) is 58.7 Å². The summed E-state index contributed by atoms with van der Waals surface area (Å²) in [6.45, 7) is 11.5. The fourth-order valence-corrected chi connectivity index (χ4v) is 2.42. The number of epoxide rings is 1. The third-order valence-electron chi connectivity index (χ3n) is 3.92. The Morgan fingerprint density at radius 3 is 1.86 bits per heavy atom. The molecule has 3 saturated heterocycles. The summed E-state index contributed by atoms with van der Waals surface area (Å²) in [6, 6.07) is 0. The molecule has 0 spiro atoms. The third kappa shape index (κ3) is 6.04. The average Bonchev–Trinajstić information content (AvgIpc) is 3.06. The Bertz CT molecular complexity index is 315. The van der Waals surface area contributed by atoms with Gasteiger partial charge in [-0.25, -0.2) is 0 Å². The summed E-state index contributed by atoms with van der Waals surface area (Å²) in [7, 11) is 0. The minimum Gasteiger partial charge on any atom is -0.373 e. The lowest BCUT2D eigenvalue weighted by atomic mass is 10.1. The first-order chi connectivity index (χ1) is 10.1. The molecule has 122 valence electrons. The zero-order chi connectivity index (χ0) is 15.2. The van der Waals surface area contributed by atoms with Crippen molar-refractivity contribution in [3.8, 4) is 0 Å². The molecule has 3 aliphatic heterocycles. The second kappa shape index (κ2) is 7.70. The highest BCUT2D eigenvalue weighted by molar-refractivity contribution is 4.76. The van der Waals surface area contributed by atoms with E-state index >= 15 is 0 Å². The van der Waals surface area contributed by atoms with E-state index in [1.165, 1.54) is 0 Å². The number of rotatable bonds is 6. The van der Waals surface area contributed by atoms with Crippen LogP contribution < -0.4 is 0 Å². The Morgan fingerprint density at radius 1 is 0.952 bits per heavy atom. The Labute approximate surface area is 127 Å². The van der Waals surface area contributed by atoms with Crippen LogP contribution in [0, 0.1) is 0 Å². The highest BCUT2D eigenvalue weighted by Crippen LogP contribution is 2.28. The highest BCUT2D eigenvalue weighted by Gasteiger charge is 2.34. The molecule has 5 nitrogen and oxygen atoms in total. The van der Waals surface area contributed by atoms with Gasteiger partial charge in [-0.1, -0.05) is 6.08 Å². The number of ether oxygens (including phenoxy) is 5. The number of hydrogen-bond acceptors (Lipinski definition) is 5. The topological polar surface area (TPSA) is 49.5 Å². The predicted molar refractivity (Wildman–Crippen MR) is 79.0 cm³/mol. The lowest BCUT2D eigenvalue weighted by Crippen LogP contribution is -2.25. The van der Waals surface area contributed by atoms with Crippen molar-refractivity contribution < 1.29 is 23.7 Å². The minimum atomic E-state index is -0.325. The zero-order valence-corrected chi connectivity index (χ0v) is 13.3. The van der Waals surface area contributed by atoms with Gasteiger partial charge in [-0.05, 0) is 26.7 Å². The summed E-state index contributed by atoms with van der Waals surface area (Å²) < 4.78 is 26.7. The fourth-order valence-electron chi connectivity index (χ4n) is 2.42. The van der Waals surface area contributed by atoms with E-state index in [1.807, 2.05) is 19.9 Å². The first-order valence-corrected chi connectivity index (χ1v) is 7.84. The van der Waals surface area contributed by atoms with E-state index in [2.05, 4.69) is 6.58 Å². The van der Waals surface area contributed by atoms with Crippen molar-refractivity contribution in [1.29, 1.82) is 0 Å². The van der Waals surface area contributed by atoms with Gasteiger partial charge < -0.3 is 23.7 Å². The molecule has 0 radical (unpaired) electrons. The van der Waals surface area contributed by atoms with E-state index in [-0.39, 0.29) is 11.6 Å². The number of hydrogen-bond donors (Lipinski definition) is 0. The molecule has 3 fully saturated rings. The summed E-state index contributed by atoms with van der Waals surface area (Å²) in [5, 5.41) is 0. The van der Waals surface area contributed by atoms with Gasteiger partial charge in [-0.15, -0.1) is 6.58 Å². The van der Waals surface area contributed by atoms with Crippen LogP contribution in [0.4, 0.5) is 0 Å². The van der Waals surface area contributed by atoms with Gasteiger partial charge >= 0.3 is 0 Å². The largest absolute Gasteiger partial charge is 0.373 e. The van der Waals surface area contributed by atoms with Crippen LogP contribution in [0.1, 0.15) is 39.5 Å². The Balaban J connectivity index is 0.000000155. The van der Waals surface area contributed by atoms with Crippen LogP contribution in [-0.4, -0.2) is 50.7 Å². The van der Waals surface area contributed by atoms with Crippen LogP contribution in [0.5, 0.6) is 0 Å². The van der Waals surface area contributed by atoms with Crippen LogP contribution in [0.2, 0.25) is 0 Å². The summed E-state index contributed by atoms with van der Waals surface area (Å²) in [5.41, 5.74) is 0. The van der Waals surface area contributed by atoms with Gasteiger partial charge in [0, 0.05) is 12.8 Å². The van der Waals surface area contributed by atoms with Crippen molar-refractivity contribution in [2.24, 2.45) is 0 Å². The van der Waals surface area contributed by atoms with Gasteiger partial charge in [-0.3, -0.25) is 0 Å². The number of allylic oxidation sites excluding steroid dienone is 1. The summed E-state index contributed by atoms with van der Waals surface area (Å²) in [4.78, 5) is 0. The monoisotopic (exact) mass is 300 g/mol. The van der Waals surface area contributed by atoms with Crippen molar-refractivity contribution >= 4 is 0 Å². The van der Waals surface area contributed by atoms with E-state index < -0.39 is 0 Å². The van der Waals surface area contributed by atoms with Gasteiger partial charge in [0.05, 0.1) is 39.1 Å². The van der Waals surface area contributed by atoms with Crippen LogP contribution in [0.15, 0.2) is 12.7 Å². The fraction of sp³-hybridized carbons (Fsp3) is 0.875. The molecule has 0 amide bonds. The molecule has 0 aromatic carbocycles. The molecule has 1 unspecified atom stereocenters. The molecule has 3 heterocycles. The van der Waals surface area contributed by atoms with Crippen LogP contribution in [0.3, 0.4) is 0 Å². The third-order valence-corrected chi connectivity index (χ3v) is 3.92. The lowest BCUT2D eigenvalue weighted by molar-refractivity contribution is -0.148. The molecular weight excluding hydrogens is 272 g/mol. The maximum Gasteiger partial charge on any atom is 0.166 e. The maximum atomic E-state index is 5.44. The Hall–Kier alpha value is -0.460.